The molecule has 3 N–H and O–H groups in total. The maximum absolute atomic E-state index is 12.7. The molecule has 9 nitrogen and oxygen atoms in total. The van der Waals surface area contributed by atoms with Crippen LogP contribution < -0.4 is 10.6 Å². The number of nitrogens with one attached hydrogen (secondary N) is 2. The standard InChI is InChI=1S/C22H22Cl2N6O3/c23-15-8-14(9-16(24)10-15)18(11-19(31)32)28-22(33)21-26-12-30(29-21)7-5-17-4-3-13-2-1-6-25-20(13)27-17/h3-4,8-10,12,18H,1-2,5-7,11H2,(H,25,27)(H,28,33)(H,31,32)/t18-/m0/s1. The van der Waals surface area contributed by atoms with Crippen molar-refractivity contribution < 1.29 is 14.7 Å². The van der Waals surface area contributed by atoms with Gasteiger partial charge in [-0.2, -0.15) is 0 Å². The number of benzene rings is 1. The Hall–Kier alpha value is -3.17. The molecule has 3 heterocycles. The number of carboxylic acid groups (broad SMARTS) is 1. The van der Waals surface area contributed by atoms with Crippen molar-refractivity contribution in [1.29, 1.82) is 0 Å². The number of aryl methyl sites for hydroxylation is 3. The van der Waals surface area contributed by atoms with Gasteiger partial charge in [-0.1, -0.05) is 29.3 Å². The number of rotatable bonds is 8. The second kappa shape index (κ2) is 10.2. The van der Waals surface area contributed by atoms with Crippen LogP contribution in [-0.4, -0.2) is 43.3 Å². The number of hydrogen-bond donors (Lipinski definition) is 3. The van der Waals surface area contributed by atoms with Crippen molar-refractivity contribution in [1.82, 2.24) is 25.1 Å². The summed E-state index contributed by atoms with van der Waals surface area (Å²) in [6, 6.07) is 7.91. The molecular weight excluding hydrogens is 467 g/mol. The number of aromatic nitrogens is 4. The van der Waals surface area contributed by atoms with Crippen molar-refractivity contribution in [3.8, 4) is 0 Å². The van der Waals surface area contributed by atoms with Crippen molar-refractivity contribution in [3.63, 3.8) is 0 Å². The zero-order chi connectivity index (χ0) is 23.4. The average molecular weight is 489 g/mol. The fraction of sp³-hybridized carbons (Fsp3) is 0.318. The molecule has 1 aliphatic heterocycles. The largest absolute Gasteiger partial charge is 0.481 e. The van der Waals surface area contributed by atoms with Crippen LogP contribution in [0.4, 0.5) is 5.82 Å². The zero-order valence-electron chi connectivity index (χ0n) is 17.6. The van der Waals surface area contributed by atoms with Gasteiger partial charge in [-0.3, -0.25) is 14.3 Å². The molecule has 2 aromatic heterocycles. The first kappa shape index (κ1) is 23.0. The van der Waals surface area contributed by atoms with Gasteiger partial charge in [-0.05, 0) is 48.2 Å². The van der Waals surface area contributed by atoms with Gasteiger partial charge in [0.05, 0.1) is 12.5 Å². The molecule has 0 saturated carbocycles. The molecule has 0 spiro atoms. The van der Waals surface area contributed by atoms with Crippen molar-refractivity contribution in [2.75, 3.05) is 11.9 Å². The summed E-state index contributed by atoms with van der Waals surface area (Å²) < 4.78 is 1.56. The Labute approximate surface area is 200 Å². The summed E-state index contributed by atoms with van der Waals surface area (Å²) in [5.41, 5.74) is 2.63. The Balaban J connectivity index is 1.41. The van der Waals surface area contributed by atoms with Crippen LogP contribution in [0.1, 0.15) is 46.3 Å². The van der Waals surface area contributed by atoms with E-state index < -0.39 is 17.9 Å². The number of carbonyl (C=O) groups excluding carboxylic acids is 1. The number of anilines is 1. The Morgan fingerprint density at radius 2 is 2.00 bits per heavy atom. The fourth-order valence-electron chi connectivity index (χ4n) is 3.67. The number of amides is 1. The highest BCUT2D eigenvalue weighted by Crippen LogP contribution is 2.26. The van der Waals surface area contributed by atoms with Gasteiger partial charge >= 0.3 is 5.97 Å². The van der Waals surface area contributed by atoms with Crippen LogP contribution in [0.25, 0.3) is 0 Å². The number of carboxylic acids is 1. The summed E-state index contributed by atoms with van der Waals surface area (Å²) in [5.74, 6) is -0.796. The predicted molar refractivity (Wildman–Crippen MR) is 124 cm³/mol. The summed E-state index contributed by atoms with van der Waals surface area (Å²) in [4.78, 5) is 32.7. The van der Waals surface area contributed by atoms with Gasteiger partial charge in [0.1, 0.15) is 12.1 Å². The number of halogens is 2. The third kappa shape index (κ3) is 6.00. The van der Waals surface area contributed by atoms with Crippen LogP contribution in [0.2, 0.25) is 10.0 Å². The van der Waals surface area contributed by atoms with E-state index in [4.69, 9.17) is 23.2 Å². The van der Waals surface area contributed by atoms with E-state index in [1.165, 1.54) is 18.0 Å². The minimum atomic E-state index is -1.08. The van der Waals surface area contributed by atoms with Crippen molar-refractivity contribution in [2.45, 2.75) is 38.3 Å². The molecule has 1 atom stereocenters. The predicted octanol–water partition coefficient (Wildman–Crippen LogP) is 3.53. The fourth-order valence-corrected chi connectivity index (χ4v) is 4.21. The maximum atomic E-state index is 12.7. The molecular formula is C22H22Cl2N6O3. The minimum Gasteiger partial charge on any atom is -0.481 e. The first-order valence-corrected chi connectivity index (χ1v) is 11.2. The van der Waals surface area contributed by atoms with Gasteiger partial charge in [0, 0.05) is 35.2 Å². The number of aliphatic carboxylic acids is 1. The maximum Gasteiger partial charge on any atom is 0.305 e. The minimum absolute atomic E-state index is 0.0569. The molecule has 0 saturated heterocycles. The Morgan fingerprint density at radius 3 is 2.76 bits per heavy atom. The number of carbonyl (C=O) groups is 2. The molecule has 172 valence electrons. The lowest BCUT2D eigenvalue weighted by atomic mass is 10.0. The second-order valence-electron chi connectivity index (χ2n) is 7.75. The highest BCUT2D eigenvalue weighted by Gasteiger charge is 2.22. The Morgan fingerprint density at radius 1 is 1.21 bits per heavy atom. The van der Waals surface area contributed by atoms with E-state index >= 15 is 0 Å². The van der Waals surface area contributed by atoms with Gasteiger partial charge in [0.25, 0.3) is 5.91 Å². The summed E-state index contributed by atoms with van der Waals surface area (Å²) in [6.45, 7) is 1.42. The first-order chi connectivity index (χ1) is 15.9. The molecule has 4 rings (SSSR count). The van der Waals surface area contributed by atoms with Gasteiger partial charge in [-0.25, -0.2) is 9.97 Å². The average Bonchev–Trinajstić information content (AvgIpc) is 3.25. The monoisotopic (exact) mass is 488 g/mol. The van der Waals surface area contributed by atoms with E-state index in [9.17, 15) is 14.7 Å². The summed E-state index contributed by atoms with van der Waals surface area (Å²) in [7, 11) is 0. The van der Waals surface area contributed by atoms with Crippen LogP contribution in [0.15, 0.2) is 36.7 Å². The highest BCUT2D eigenvalue weighted by molar-refractivity contribution is 6.34. The summed E-state index contributed by atoms with van der Waals surface area (Å²) in [5, 5.41) is 20.1. The first-order valence-electron chi connectivity index (χ1n) is 10.5. The smallest absolute Gasteiger partial charge is 0.305 e. The van der Waals surface area contributed by atoms with E-state index in [1.807, 2.05) is 6.07 Å². The number of nitrogens with zero attached hydrogens (tertiary/aromatic N) is 4. The third-order valence-corrected chi connectivity index (χ3v) is 5.70. The molecule has 33 heavy (non-hydrogen) atoms. The lowest BCUT2D eigenvalue weighted by Crippen LogP contribution is -2.31. The van der Waals surface area contributed by atoms with E-state index in [2.05, 4.69) is 31.8 Å². The van der Waals surface area contributed by atoms with Crippen LogP contribution in [0.3, 0.4) is 0 Å². The molecule has 0 fully saturated rings. The number of hydrogen-bond acceptors (Lipinski definition) is 6. The SMILES string of the molecule is O=C(O)C[C@H](NC(=O)c1ncn(CCc2ccc3c(n2)NCCC3)n1)c1cc(Cl)cc(Cl)c1. The van der Waals surface area contributed by atoms with E-state index in [0.717, 1.165) is 30.9 Å². The molecule has 0 unspecified atom stereocenters. The van der Waals surface area contributed by atoms with Crippen molar-refractivity contribution >= 4 is 40.9 Å². The van der Waals surface area contributed by atoms with Gasteiger partial charge < -0.3 is 15.7 Å². The third-order valence-electron chi connectivity index (χ3n) is 5.26. The Kier molecular flexibility index (Phi) is 7.10. The van der Waals surface area contributed by atoms with Crippen molar-refractivity contribution in [2.24, 2.45) is 0 Å². The van der Waals surface area contributed by atoms with E-state index in [0.29, 0.717) is 28.6 Å². The lowest BCUT2D eigenvalue weighted by Gasteiger charge is -2.17. The van der Waals surface area contributed by atoms with Gasteiger partial charge in [0.15, 0.2) is 0 Å². The van der Waals surface area contributed by atoms with Crippen molar-refractivity contribution in [3.05, 3.63) is 69.3 Å². The molecule has 0 aliphatic carbocycles. The molecule has 3 aromatic rings. The molecule has 1 aliphatic rings. The normalized spacial score (nSPS) is 13.6. The second-order valence-corrected chi connectivity index (χ2v) is 8.62. The van der Waals surface area contributed by atoms with Crippen LogP contribution in [0.5, 0.6) is 0 Å². The number of fused-ring (bicyclic) bond motifs is 1. The van der Waals surface area contributed by atoms with Crippen LogP contribution in [0, 0.1) is 0 Å². The number of pyridine rings is 1. The summed E-state index contributed by atoms with van der Waals surface area (Å²) in [6.07, 6.45) is 3.88. The lowest BCUT2D eigenvalue weighted by molar-refractivity contribution is -0.137. The van der Waals surface area contributed by atoms with E-state index in [1.54, 1.807) is 16.8 Å². The van der Waals surface area contributed by atoms with Crippen LogP contribution >= 0.6 is 23.2 Å². The molecule has 0 radical (unpaired) electrons. The Bertz CT molecular complexity index is 1160. The molecule has 11 heteroatoms. The summed E-state index contributed by atoms with van der Waals surface area (Å²) >= 11 is 12.1. The molecule has 0 bridgehead atoms. The zero-order valence-corrected chi connectivity index (χ0v) is 19.1. The highest BCUT2D eigenvalue weighted by atomic mass is 35.5. The molecule has 1 aromatic carbocycles. The van der Waals surface area contributed by atoms with Crippen LogP contribution in [-0.2, 0) is 24.2 Å². The topological polar surface area (TPSA) is 122 Å². The van der Waals surface area contributed by atoms with E-state index in [-0.39, 0.29) is 12.2 Å². The van der Waals surface area contributed by atoms with Gasteiger partial charge in [-0.15, -0.1) is 5.10 Å². The molecule has 1 amide bonds. The van der Waals surface area contributed by atoms with Gasteiger partial charge in [0.2, 0.25) is 5.82 Å². The quantitative estimate of drug-likeness (QED) is 0.443.